The van der Waals surface area contributed by atoms with Crippen LogP contribution >= 0.6 is 11.8 Å². The van der Waals surface area contributed by atoms with Gasteiger partial charge < -0.3 is 10.2 Å². The van der Waals surface area contributed by atoms with Crippen molar-refractivity contribution in [2.75, 3.05) is 26.4 Å². The van der Waals surface area contributed by atoms with Crippen molar-refractivity contribution in [2.24, 2.45) is 0 Å². The number of likely N-dealkylation sites (N-methyl/N-ethyl adjacent to an activating group) is 1. The molecular weight excluding hydrogens is 284 g/mol. The number of carbonyl (C=O) groups excluding carboxylic acids is 2. The third kappa shape index (κ3) is 6.21. The molecule has 1 rings (SSSR count). The lowest BCUT2D eigenvalue weighted by atomic mass is 9.87. The molecule has 0 spiro atoms. The molecule has 0 unspecified atom stereocenters. The Labute approximate surface area is 131 Å². The minimum atomic E-state index is -0.130. The highest BCUT2D eigenvalue weighted by atomic mass is 32.2. The van der Waals surface area contributed by atoms with Crippen LogP contribution in [0.4, 0.5) is 0 Å². The quantitative estimate of drug-likeness (QED) is 0.849. The molecular formula is C16H24N2O2S. The van der Waals surface area contributed by atoms with Crippen LogP contribution in [0.5, 0.6) is 0 Å². The number of hydrogen-bond acceptors (Lipinski definition) is 3. The van der Waals surface area contributed by atoms with Gasteiger partial charge in [0.1, 0.15) is 0 Å². The first kappa shape index (κ1) is 17.6. The van der Waals surface area contributed by atoms with Gasteiger partial charge in [-0.3, -0.25) is 9.59 Å². The molecule has 1 aromatic rings. The van der Waals surface area contributed by atoms with Crippen LogP contribution in [0.25, 0.3) is 0 Å². The van der Waals surface area contributed by atoms with E-state index < -0.39 is 0 Å². The SMILES string of the molecule is CN(C)C(=O)CNC(=O)CSc1ccc(C(C)(C)C)cc1. The smallest absolute Gasteiger partial charge is 0.241 e. The molecule has 5 heteroatoms. The number of thioether (sulfide) groups is 1. The summed E-state index contributed by atoms with van der Waals surface area (Å²) in [6.45, 7) is 6.56. The maximum Gasteiger partial charge on any atom is 0.241 e. The summed E-state index contributed by atoms with van der Waals surface area (Å²) in [5.74, 6) is 0.0771. The summed E-state index contributed by atoms with van der Waals surface area (Å²) < 4.78 is 0. The second kappa shape index (κ2) is 7.50. The molecule has 0 saturated carbocycles. The fourth-order valence-corrected chi connectivity index (χ4v) is 2.31. The van der Waals surface area contributed by atoms with Gasteiger partial charge in [0.2, 0.25) is 11.8 Å². The van der Waals surface area contributed by atoms with Gasteiger partial charge in [-0.2, -0.15) is 0 Å². The fourth-order valence-electron chi connectivity index (χ4n) is 1.58. The summed E-state index contributed by atoms with van der Waals surface area (Å²) in [6.07, 6.45) is 0. The number of amides is 2. The molecule has 1 N–H and O–H groups in total. The van der Waals surface area contributed by atoms with E-state index in [1.54, 1.807) is 14.1 Å². The largest absolute Gasteiger partial charge is 0.347 e. The molecule has 0 radical (unpaired) electrons. The lowest BCUT2D eigenvalue weighted by Crippen LogP contribution is -2.36. The maximum absolute atomic E-state index is 11.7. The van der Waals surface area contributed by atoms with Gasteiger partial charge in [-0.1, -0.05) is 32.9 Å². The lowest BCUT2D eigenvalue weighted by molar-refractivity contribution is -0.130. The van der Waals surface area contributed by atoms with Crippen molar-refractivity contribution in [3.8, 4) is 0 Å². The van der Waals surface area contributed by atoms with Crippen molar-refractivity contribution in [2.45, 2.75) is 31.1 Å². The highest BCUT2D eigenvalue weighted by Crippen LogP contribution is 2.25. The second-order valence-electron chi connectivity index (χ2n) is 6.13. The number of rotatable bonds is 5. The number of carbonyl (C=O) groups is 2. The molecule has 0 bridgehead atoms. The number of hydrogen-bond donors (Lipinski definition) is 1. The third-order valence-corrected chi connectivity index (χ3v) is 4.04. The number of nitrogens with zero attached hydrogens (tertiary/aromatic N) is 1. The van der Waals surface area contributed by atoms with Crippen LogP contribution in [-0.4, -0.2) is 43.1 Å². The molecule has 0 aromatic heterocycles. The van der Waals surface area contributed by atoms with Gasteiger partial charge in [-0.05, 0) is 23.1 Å². The molecule has 116 valence electrons. The lowest BCUT2D eigenvalue weighted by Gasteiger charge is -2.19. The average Bonchev–Trinajstić information content (AvgIpc) is 2.41. The minimum absolute atomic E-state index is 0.0509. The van der Waals surface area contributed by atoms with E-state index in [4.69, 9.17) is 0 Å². The van der Waals surface area contributed by atoms with Crippen LogP contribution in [0.1, 0.15) is 26.3 Å². The zero-order valence-corrected chi connectivity index (χ0v) is 14.2. The van der Waals surface area contributed by atoms with Crippen LogP contribution in [0.15, 0.2) is 29.2 Å². The molecule has 0 aliphatic heterocycles. The highest BCUT2D eigenvalue weighted by Gasteiger charge is 2.13. The van der Waals surface area contributed by atoms with Gasteiger partial charge in [0.25, 0.3) is 0 Å². The van der Waals surface area contributed by atoms with E-state index in [9.17, 15) is 9.59 Å². The first-order chi connectivity index (χ1) is 9.70. The molecule has 21 heavy (non-hydrogen) atoms. The average molecular weight is 308 g/mol. The molecule has 0 aliphatic rings. The molecule has 0 aliphatic carbocycles. The van der Waals surface area contributed by atoms with Gasteiger partial charge in [0.15, 0.2) is 0 Å². The van der Waals surface area contributed by atoms with E-state index >= 15 is 0 Å². The zero-order chi connectivity index (χ0) is 16.0. The highest BCUT2D eigenvalue weighted by molar-refractivity contribution is 8.00. The molecule has 0 heterocycles. The van der Waals surface area contributed by atoms with Gasteiger partial charge in [0.05, 0.1) is 12.3 Å². The van der Waals surface area contributed by atoms with Gasteiger partial charge in [0, 0.05) is 19.0 Å². The third-order valence-electron chi connectivity index (χ3n) is 3.03. The summed E-state index contributed by atoms with van der Waals surface area (Å²) in [4.78, 5) is 25.5. The first-order valence-electron chi connectivity index (χ1n) is 6.90. The number of benzene rings is 1. The van der Waals surface area contributed by atoms with Crippen LogP contribution in [0.2, 0.25) is 0 Å². The van der Waals surface area contributed by atoms with Crippen LogP contribution in [0, 0.1) is 0 Å². The molecule has 0 saturated heterocycles. The van der Waals surface area contributed by atoms with Gasteiger partial charge in [-0.25, -0.2) is 0 Å². The van der Waals surface area contributed by atoms with E-state index in [0.717, 1.165) is 4.90 Å². The van der Waals surface area contributed by atoms with E-state index in [0.29, 0.717) is 5.75 Å². The Morgan fingerprint density at radius 3 is 2.19 bits per heavy atom. The Kier molecular flexibility index (Phi) is 6.27. The monoisotopic (exact) mass is 308 g/mol. The normalized spacial score (nSPS) is 11.1. The van der Waals surface area contributed by atoms with E-state index in [1.807, 2.05) is 12.1 Å². The predicted molar refractivity (Wildman–Crippen MR) is 87.6 cm³/mol. The van der Waals surface area contributed by atoms with Crippen LogP contribution < -0.4 is 5.32 Å². The van der Waals surface area contributed by atoms with Gasteiger partial charge in [-0.15, -0.1) is 11.8 Å². The molecule has 2 amide bonds. The minimum Gasteiger partial charge on any atom is -0.347 e. The zero-order valence-electron chi connectivity index (χ0n) is 13.4. The standard InChI is InChI=1S/C16H24N2O2S/c1-16(2,3)12-6-8-13(9-7-12)21-11-14(19)17-10-15(20)18(4)5/h6-9H,10-11H2,1-5H3,(H,17,19). The summed E-state index contributed by atoms with van der Waals surface area (Å²) in [7, 11) is 3.33. The first-order valence-corrected chi connectivity index (χ1v) is 7.89. The second-order valence-corrected chi connectivity index (χ2v) is 7.18. The van der Waals surface area contributed by atoms with E-state index in [2.05, 4.69) is 38.2 Å². The Hall–Kier alpha value is -1.49. The van der Waals surface area contributed by atoms with Crippen LogP contribution in [-0.2, 0) is 15.0 Å². The van der Waals surface area contributed by atoms with Crippen molar-refractivity contribution >= 4 is 23.6 Å². The van der Waals surface area contributed by atoms with E-state index in [1.165, 1.54) is 22.2 Å². The predicted octanol–water partition coefficient (Wildman–Crippen LogP) is 2.28. The molecule has 0 fully saturated rings. The summed E-state index contributed by atoms with van der Waals surface area (Å²) in [5.41, 5.74) is 1.40. The Morgan fingerprint density at radius 1 is 1.14 bits per heavy atom. The Balaban J connectivity index is 2.41. The van der Waals surface area contributed by atoms with Crippen LogP contribution in [0.3, 0.4) is 0 Å². The van der Waals surface area contributed by atoms with Crippen molar-refractivity contribution in [3.05, 3.63) is 29.8 Å². The molecule has 1 aromatic carbocycles. The van der Waals surface area contributed by atoms with Gasteiger partial charge >= 0.3 is 0 Å². The Morgan fingerprint density at radius 2 is 1.71 bits per heavy atom. The topological polar surface area (TPSA) is 49.4 Å². The van der Waals surface area contributed by atoms with Crippen molar-refractivity contribution in [1.29, 1.82) is 0 Å². The molecule has 4 nitrogen and oxygen atoms in total. The van der Waals surface area contributed by atoms with Crippen molar-refractivity contribution in [3.63, 3.8) is 0 Å². The fraction of sp³-hybridized carbons (Fsp3) is 0.500. The summed E-state index contributed by atoms with van der Waals surface area (Å²) >= 11 is 1.47. The van der Waals surface area contributed by atoms with Crippen molar-refractivity contribution in [1.82, 2.24) is 10.2 Å². The Bertz CT molecular complexity index is 490. The van der Waals surface area contributed by atoms with E-state index in [-0.39, 0.29) is 23.8 Å². The molecule has 0 atom stereocenters. The summed E-state index contributed by atoms with van der Waals surface area (Å²) in [6, 6.07) is 8.25. The maximum atomic E-state index is 11.7. The van der Waals surface area contributed by atoms with Crippen molar-refractivity contribution < 1.29 is 9.59 Å². The summed E-state index contributed by atoms with van der Waals surface area (Å²) in [5, 5.41) is 2.62. The number of nitrogens with one attached hydrogen (secondary N) is 1.